The molecule has 14 heavy (non-hydrogen) atoms. The first-order chi connectivity index (χ1) is 6.60. The lowest BCUT2D eigenvalue weighted by molar-refractivity contribution is 0.145. The number of rotatable bonds is 2. The first kappa shape index (κ1) is 10.3. The molecule has 1 heterocycles. The number of halogens is 3. The van der Waals surface area contributed by atoms with Crippen molar-refractivity contribution in [1.29, 1.82) is 5.26 Å². The van der Waals surface area contributed by atoms with Gasteiger partial charge in [-0.25, -0.2) is 18.2 Å². The first-order valence-corrected chi connectivity index (χ1v) is 3.52. The van der Waals surface area contributed by atoms with Crippen molar-refractivity contribution in [1.82, 2.24) is 4.98 Å². The van der Waals surface area contributed by atoms with Gasteiger partial charge in [0.2, 0.25) is 0 Å². The number of nitriles is 1. The molecule has 3 nitrogen and oxygen atoms in total. The van der Waals surface area contributed by atoms with E-state index < -0.39 is 29.4 Å². The molecule has 6 heteroatoms. The van der Waals surface area contributed by atoms with E-state index in [1.54, 1.807) is 0 Å². The van der Waals surface area contributed by atoms with Crippen LogP contribution in [0.2, 0.25) is 0 Å². The Labute approximate surface area is 77.7 Å². The molecule has 74 valence electrons. The van der Waals surface area contributed by atoms with Gasteiger partial charge in [0.15, 0.2) is 17.3 Å². The molecule has 0 aliphatic rings. The fourth-order valence-corrected chi connectivity index (χ4v) is 0.902. The molecule has 1 rings (SSSR count). The number of hydrogen-bond donors (Lipinski definition) is 0. The molecular weight excluding hydrogens is 197 g/mol. The van der Waals surface area contributed by atoms with Crippen LogP contribution in [0.4, 0.5) is 13.2 Å². The Morgan fingerprint density at radius 1 is 1.57 bits per heavy atom. The maximum Gasteiger partial charge on any atom is 0.280 e. The van der Waals surface area contributed by atoms with E-state index in [0.29, 0.717) is 6.07 Å². The van der Waals surface area contributed by atoms with Crippen LogP contribution in [0.5, 0.6) is 5.75 Å². The van der Waals surface area contributed by atoms with E-state index in [1.165, 1.54) is 6.07 Å². The SMILES string of the molecule is COc1c(F)cc(C(F)F)nc1C#N. The van der Waals surface area contributed by atoms with Crippen LogP contribution in [0.1, 0.15) is 17.8 Å². The van der Waals surface area contributed by atoms with E-state index in [9.17, 15) is 13.2 Å². The molecule has 0 bridgehead atoms. The van der Waals surface area contributed by atoms with Gasteiger partial charge in [-0.05, 0) is 0 Å². The largest absolute Gasteiger partial charge is 0.491 e. The molecule has 0 saturated carbocycles. The lowest BCUT2D eigenvalue weighted by Gasteiger charge is -2.05. The van der Waals surface area contributed by atoms with E-state index in [0.717, 1.165) is 7.11 Å². The minimum Gasteiger partial charge on any atom is -0.491 e. The van der Waals surface area contributed by atoms with Gasteiger partial charge >= 0.3 is 0 Å². The van der Waals surface area contributed by atoms with E-state index in [4.69, 9.17) is 5.26 Å². The molecule has 0 amide bonds. The van der Waals surface area contributed by atoms with Gasteiger partial charge in [0.05, 0.1) is 7.11 Å². The number of hydrogen-bond acceptors (Lipinski definition) is 3. The van der Waals surface area contributed by atoms with E-state index in [-0.39, 0.29) is 0 Å². The smallest absolute Gasteiger partial charge is 0.280 e. The van der Waals surface area contributed by atoms with Crippen molar-refractivity contribution in [3.05, 3.63) is 23.3 Å². The van der Waals surface area contributed by atoms with Crippen molar-refractivity contribution in [3.63, 3.8) is 0 Å². The average Bonchev–Trinajstić information content (AvgIpc) is 2.16. The number of aromatic nitrogens is 1. The number of nitrogens with zero attached hydrogens (tertiary/aromatic N) is 2. The molecule has 0 aliphatic carbocycles. The van der Waals surface area contributed by atoms with Gasteiger partial charge < -0.3 is 4.74 Å². The highest BCUT2D eigenvalue weighted by Gasteiger charge is 2.17. The average molecular weight is 202 g/mol. The van der Waals surface area contributed by atoms with Crippen molar-refractivity contribution in [3.8, 4) is 11.8 Å². The summed E-state index contributed by atoms with van der Waals surface area (Å²) in [4.78, 5) is 3.25. The van der Waals surface area contributed by atoms with Crippen LogP contribution in [-0.4, -0.2) is 12.1 Å². The van der Waals surface area contributed by atoms with Crippen molar-refractivity contribution >= 4 is 0 Å². The molecule has 0 aromatic carbocycles. The molecule has 0 aliphatic heterocycles. The molecule has 0 unspecified atom stereocenters. The number of ether oxygens (including phenoxy) is 1. The molecular formula is C8H5F3N2O. The van der Waals surface area contributed by atoms with Gasteiger partial charge in [0.25, 0.3) is 6.43 Å². The van der Waals surface area contributed by atoms with Crippen LogP contribution in [0.3, 0.4) is 0 Å². The highest BCUT2D eigenvalue weighted by Crippen LogP contribution is 2.25. The fourth-order valence-electron chi connectivity index (χ4n) is 0.902. The van der Waals surface area contributed by atoms with E-state index >= 15 is 0 Å². The highest BCUT2D eigenvalue weighted by atomic mass is 19.3. The summed E-state index contributed by atoms with van der Waals surface area (Å²) in [6, 6.07) is 2.02. The van der Waals surface area contributed by atoms with Gasteiger partial charge in [0, 0.05) is 6.07 Å². The summed E-state index contributed by atoms with van der Waals surface area (Å²) < 4.78 is 41.7. The molecule has 0 atom stereocenters. The molecule has 0 spiro atoms. The monoisotopic (exact) mass is 202 g/mol. The third-order valence-electron chi connectivity index (χ3n) is 1.48. The third-order valence-corrected chi connectivity index (χ3v) is 1.48. The Morgan fingerprint density at radius 3 is 2.64 bits per heavy atom. The third kappa shape index (κ3) is 1.76. The van der Waals surface area contributed by atoms with Crippen LogP contribution in [-0.2, 0) is 0 Å². The maximum absolute atomic E-state index is 13.0. The quantitative estimate of drug-likeness (QED) is 0.737. The maximum atomic E-state index is 13.0. The summed E-state index contributed by atoms with van der Waals surface area (Å²) in [5.74, 6) is -1.44. The zero-order valence-corrected chi connectivity index (χ0v) is 7.09. The van der Waals surface area contributed by atoms with Gasteiger partial charge in [-0.1, -0.05) is 0 Å². The molecule has 0 fully saturated rings. The molecule has 1 aromatic heterocycles. The zero-order valence-electron chi connectivity index (χ0n) is 7.09. The van der Waals surface area contributed by atoms with E-state index in [1.807, 2.05) is 0 Å². The van der Waals surface area contributed by atoms with Crippen LogP contribution in [0.25, 0.3) is 0 Å². The summed E-state index contributed by atoms with van der Waals surface area (Å²) in [5, 5.41) is 8.48. The molecule has 0 radical (unpaired) electrons. The van der Waals surface area contributed by atoms with E-state index in [2.05, 4.69) is 9.72 Å². The Morgan fingerprint density at radius 2 is 2.21 bits per heavy atom. The van der Waals surface area contributed by atoms with Gasteiger partial charge in [-0.3, -0.25) is 0 Å². The molecule has 0 saturated heterocycles. The predicted octanol–water partition coefficient (Wildman–Crippen LogP) is 2.04. The Hall–Kier alpha value is -1.77. The minimum atomic E-state index is -2.91. The van der Waals surface area contributed by atoms with Gasteiger partial charge in [0.1, 0.15) is 11.8 Å². The summed E-state index contributed by atoms with van der Waals surface area (Å²) in [6.45, 7) is 0. The second-order valence-corrected chi connectivity index (χ2v) is 2.32. The normalized spacial score (nSPS) is 10.0. The number of methoxy groups -OCH3 is 1. The number of alkyl halides is 2. The zero-order chi connectivity index (χ0) is 10.7. The lowest BCUT2D eigenvalue weighted by Crippen LogP contribution is -2.00. The van der Waals surface area contributed by atoms with Crippen molar-refractivity contribution in [2.45, 2.75) is 6.43 Å². The summed E-state index contributed by atoms with van der Waals surface area (Å²) in [7, 11) is 1.13. The van der Waals surface area contributed by atoms with Crippen molar-refractivity contribution in [2.24, 2.45) is 0 Å². The molecule has 1 aromatic rings. The standard InChI is InChI=1S/C8H5F3N2O/c1-14-7-4(9)2-5(8(10)11)13-6(7)3-12/h2,8H,1H3. The molecule has 0 N–H and O–H groups in total. The Bertz CT molecular complexity index is 387. The van der Waals surface area contributed by atoms with Gasteiger partial charge in [-0.15, -0.1) is 0 Å². The lowest BCUT2D eigenvalue weighted by atomic mass is 10.2. The van der Waals surface area contributed by atoms with Crippen molar-refractivity contribution < 1.29 is 17.9 Å². The predicted molar refractivity (Wildman–Crippen MR) is 40.4 cm³/mol. The summed E-state index contributed by atoms with van der Waals surface area (Å²) >= 11 is 0. The summed E-state index contributed by atoms with van der Waals surface area (Å²) in [6.07, 6.45) is -2.91. The van der Waals surface area contributed by atoms with Gasteiger partial charge in [-0.2, -0.15) is 5.26 Å². The topological polar surface area (TPSA) is 45.9 Å². The Balaban J connectivity index is 3.33. The second kappa shape index (κ2) is 3.96. The van der Waals surface area contributed by atoms with Crippen LogP contribution >= 0.6 is 0 Å². The Kier molecular flexibility index (Phi) is 2.92. The summed E-state index contributed by atoms with van der Waals surface area (Å²) in [5.41, 5.74) is -1.26. The van der Waals surface area contributed by atoms with Crippen molar-refractivity contribution in [2.75, 3.05) is 7.11 Å². The first-order valence-electron chi connectivity index (χ1n) is 3.52. The fraction of sp³-hybridized carbons (Fsp3) is 0.250. The van der Waals surface area contributed by atoms with Crippen LogP contribution in [0.15, 0.2) is 6.07 Å². The second-order valence-electron chi connectivity index (χ2n) is 2.32. The van der Waals surface area contributed by atoms with Crippen LogP contribution < -0.4 is 4.74 Å². The number of pyridine rings is 1. The minimum absolute atomic E-state index is 0.420. The highest BCUT2D eigenvalue weighted by molar-refractivity contribution is 5.39. The van der Waals surface area contributed by atoms with Crippen LogP contribution in [0, 0.1) is 17.1 Å².